The van der Waals surface area contributed by atoms with Crippen LogP contribution in [0, 0.1) is 11.7 Å². The number of nitrogens with zero attached hydrogens (tertiary/aromatic N) is 1. The van der Waals surface area contributed by atoms with Gasteiger partial charge in [-0.3, -0.25) is 4.79 Å². The molecule has 1 saturated heterocycles. The molecule has 1 aliphatic carbocycles. The molecule has 1 atom stereocenters. The van der Waals surface area contributed by atoms with Crippen LogP contribution in [0.4, 0.5) is 4.39 Å². The number of benzene rings is 2. The molecule has 2 aliphatic rings. The van der Waals surface area contributed by atoms with Crippen LogP contribution in [-0.2, 0) is 4.79 Å². The van der Waals surface area contributed by atoms with Crippen LogP contribution in [0.2, 0.25) is 0 Å². The van der Waals surface area contributed by atoms with Gasteiger partial charge < -0.3 is 10.2 Å². The van der Waals surface area contributed by atoms with E-state index in [1.165, 1.54) is 23.8 Å². The lowest BCUT2D eigenvalue weighted by molar-refractivity contribution is -0.122. The number of amides is 1. The number of nitrogens with one attached hydrogen (secondary N) is 1. The van der Waals surface area contributed by atoms with Crippen LogP contribution in [0.15, 0.2) is 52.9 Å². The predicted molar refractivity (Wildman–Crippen MR) is 133 cm³/mol. The Hall–Kier alpha value is -2.37. The number of halogens is 1. The second-order valence-electron chi connectivity index (χ2n) is 8.62. The summed E-state index contributed by atoms with van der Waals surface area (Å²) in [4.78, 5) is 16.6. The third kappa shape index (κ3) is 4.84. The predicted octanol–water partition coefficient (Wildman–Crippen LogP) is 5.72. The van der Waals surface area contributed by atoms with Crippen molar-refractivity contribution in [3.8, 4) is 0 Å². The van der Waals surface area contributed by atoms with Crippen LogP contribution < -0.4 is 5.32 Å². The van der Waals surface area contributed by atoms with Crippen molar-refractivity contribution in [2.45, 2.75) is 31.6 Å². The molecule has 1 unspecified atom stereocenters. The van der Waals surface area contributed by atoms with Crippen molar-refractivity contribution in [3.05, 3.63) is 70.5 Å². The standard InChI is InChI=1S/C27H31FN2OS/c1-18-24(16-20-6-9-22(32-3)10-7-20)23-11-8-21(28)17-25(23)26(18)19(2)27(31)29-12-15-30-13-4-5-14-30/h6-11,16-17,19H,4-5,12-15H2,1-3H3,(H,29,31)/b24-16-. The van der Waals surface area contributed by atoms with Gasteiger partial charge in [-0.05, 0) is 110 Å². The van der Waals surface area contributed by atoms with Gasteiger partial charge in [-0.25, -0.2) is 4.39 Å². The third-order valence-corrected chi connectivity index (χ3v) is 7.29. The molecule has 32 heavy (non-hydrogen) atoms. The first kappa shape index (κ1) is 22.8. The van der Waals surface area contributed by atoms with E-state index in [4.69, 9.17) is 0 Å². The van der Waals surface area contributed by atoms with E-state index in [1.807, 2.05) is 19.9 Å². The Balaban J connectivity index is 1.59. The Kier molecular flexibility index (Phi) is 7.17. The molecule has 3 nitrogen and oxygen atoms in total. The zero-order chi connectivity index (χ0) is 22.7. The van der Waals surface area contributed by atoms with Crippen molar-refractivity contribution in [3.63, 3.8) is 0 Å². The van der Waals surface area contributed by atoms with Crippen LogP contribution in [0.3, 0.4) is 0 Å². The smallest absolute Gasteiger partial charge is 0.227 e. The zero-order valence-corrected chi connectivity index (χ0v) is 19.9. The summed E-state index contributed by atoms with van der Waals surface area (Å²) in [5.74, 6) is -0.625. The fourth-order valence-electron chi connectivity index (χ4n) is 4.76. The lowest BCUT2D eigenvalue weighted by Gasteiger charge is -2.18. The average Bonchev–Trinajstić information content (AvgIpc) is 3.40. The highest BCUT2D eigenvalue weighted by molar-refractivity contribution is 7.98. The van der Waals surface area contributed by atoms with Gasteiger partial charge in [0.1, 0.15) is 5.82 Å². The minimum absolute atomic E-state index is 0.000619. The molecule has 1 amide bonds. The molecule has 4 rings (SSSR count). The summed E-state index contributed by atoms with van der Waals surface area (Å²) in [7, 11) is 0. The summed E-state index contributed by atoms with van der Waals surface area (Å²) >= 11 is 1.71. The van der Waals surface area contributed by atoms with Gasteiger partial charge in [0.25, 0.3) is 0 Å². The SMILES string of the molecule is CSc1ccc(/C=C2/C(C)=C(C(C)C(=O)NCCN3CCCC3)c3cc(F)ccc32)cc1. The maximum Gasteiger partial charge on any atom is 0.227 e. The van der Waals surface area contributed by atoms with E-state index in [1.54, 1.807) is 17.8 Å². The first-order valence-electron chi connectivity index (χ1n) is 11.3. The molecule has 0 bridgehead atoms. The fraction of sp³-hybridized carbons (Fsp3) is 0.370. The van der Waals surface area contributed by atoms with Gasteiger partial charge in [0, 0.05) is 18.0 Å². The number of likely N-dealkylation sites (tertiary alicyclic amines) is 1. The molecule has 1 heterocycles. The maximum absolute atomic E-state index is 14.2. The molecule has 2 aromatic carbocycles. The molecule has 0 saturated carbocycles. The van der Waals surface area contributed by atoms with Crippen molar-refractivity contribution < 1.29 is 9.18 Å². The number of carbonyl (C=O) groups is 1. The van der Waals surface area contributed by atoms with Crippen molar-refractivity contribution in [2.24, 2.45) is 5.92 Å². The Morgan fingerprint density at radius 3 is 2.56 bits per heavy atom. The normalized spacial score (nSPS) is 18.3. The molecule has 0 spiro atoms. The van der Waals surface area contributed by atoms with E-state index in [2.05, 4.69) is 46.8 Å². The number of allylic oxidation sites excluding steroid dienone is 2. The van der Waals surface area contributed by atoms with Crippen LogP contribution in [-0.4, -0.2) is 43.2 Å². The number of hydrogen-bond donors (Lipinski definition) is 1. The summed E-state index contributed by atoms with van der Waals surface area (Å²) in [6.07, 6.45) is 6.69. The van der Waals surface area contributed by atoms with E-state index in [0.717, 1.165) is 53.0 Å². The third-order valence-electron chi connectivity index (χ3n) is 6.55. The number of carbonyl (C=O) groups excluding carboxylic acids is 1. The van der Waals surface area contributed by atoms with E-state index in [-0.39, 0.29) is 17.6 Å². The highest BCUT2D eigenvalue weighted by Gasteiger charge is 2.30. The maximum atomic E-state index is 14.2. The number of rotatable bonds is 7. The van der Waals surface area contributed by atoms with Gasteiger partial charge in [0.2, 0.25) is 5.91 Å². The number of thioether (sulfide) groups is 1. The quantitative estimate of drug-likeness (QED) is 0.547. The summed E-state index contributed by atoms with van der Waals surface area (Å²) in [5, 5.41) is 3.10. The second-order valence-corrected chi connectivity index (χ2v) is 9.50. The van der Waals surface area contributed by atoms with Gasteiger partial charge >= 0.3 is 0 Å². The molecule has 1 aliphatic heterocycles. The van der Waals surface area contributed by atoms with Gasteiger partial charge in [0.05, 0.1) is 5.92 Å². The lowest BCUT2D eigenvalue weighted by atomic mass is 9.93. The summed E-state index contributed by atoms with van der Waals surface area (Å²) in [5.41, 5.74) is 5.94. The van der Waals surface area contributed by atoms with E-state index in [0.29, 0.717) is 6.54 Å². The fourth-order valence-corrected chi connectivity index (χ4v) is 5.17. The summed E-state index contributed by atoms with van der Waals surface area (Å²) < 4.78 is 14.2. The minimum Gasteiger partial charge on any atom is -0.354 e. The van der Waals surface area contributed by atoms with E-state index in [9.17, 15) is 9.18 Å². The Bertz CT molecular complexity index is 1050. The van der Waals surface area contributed by atoms with E-state index < -0.39 is 0 Å². The van der Waals surface area contributed by atoms with Gasteiger partial charge in [-0.2, -0.15) is 0 Å². The Morgan fingerprint density at radius 1 is 1.16 bits per heavy atom. The Morgan fingerprint density at radius 2 is 1.88 bits per heavy atom. The van der Waals surface area contributed by atoms with Gasteiger partial charge in [0.15, 0.2) is 0 Å². The van der Waals surface area contributed by atoms with E-state index >= 15 is 0 Å². The second kappa shape index (κ2) is 10.1. The molecule has 1 N–H and O–H groups in total. The number of fused-ring (bicyclic) bond motifs is 1. The monoisotopic (exact) mass is 450 g/mol. The topological polar surface area (TPSA) is 32.3 Å². The molecular weight excluding hydrogens is 419 g/mol. The molecule has 2 aromatic rings. The van der Waals surface area contributed by atoms with Crippen molar-refractivity contribution in [1.82, 2.24) is 10.2 Å². The molecule has 168 valence electrons. The molecule has 0 radical (unpaired) electrons. The lowest BCUT2D eigenvalue weighted by Crippen LogP contribution is -2.36. The molecule has 1 fully saturated rings. The molecule has 5 heteroatoms. The van der Waals surface area contributed by atoms with Gasteiger partial charge in [-0.15, -0.1) is 11.8 Å². The molecule has 0 aromatic heterocycles. The van der Waals surface area contributed by atoms with Crippen LogP contribution in [0.5, 0.6) is 0 Å². The first-order chi connectivity index (χ1) is 15.5. The van der Waals surface area contributed by atoms with Crippen molar-refractivity contribution in [1.29, 1.82) is 0 Å². The summed E-state index contributed by atoms with van der Waals surface area (Å²) in [6.45, 7) is 7.75. The van der Waals surface area contributed by atoms with Gasteiger partial charge in [-0.1, -0.05) is 18.2 Å². The largest absolute Gasteiger partial charge is 0.354 e. The highest BCUT2D eigenvalue weighted by Crippen LogP contribution is 2.45. The summed E-state index contributed by atoms with van der Waals surface area (Å²) in [6, 6.07) is 13.3. The highest BCUT2D eigenvalue weighted by atomic mass is 32.2. The van der Waals surface area contributed by atoms with Crippen LogP contribution >= 0.6 is 11.8 Å². The van der Waals surface area contributed by atoms with Crippen molar-refractivity contribution in [2.75, 3.05) is 32.4 Å². The Labute approximate surface area is 194 Å². The number of hydrogen-bond acceptors (Lipinski definition) is 3. The van der Waals surface area contributed by atoms with Crippen LogP contribution in [0.25, 0.3) is 17.2 Å². The zero-order valence-electron chi connectivity index (χ0n) is 19.1. The molecular formula is C27H31FN2OS. The average molecular weight is 451 g/mol. The van der Waals surface area contributed by atoms with Crippen molar-refractivity contribution >= 4 is 34.9 Å². The minimum atomic E-state index is -0.348. The van der Waals surface area contributed by atoms with Crippen LogP contribution in [0.1, 0.15) is 43.4 Å². The first-order valence-corrected chi connectivity index (χ1v) is 12.6.